The normalized spacial score (nSPS) is 14.5. The van der Waals surface area contributed by atoms with Gasteiger partial charge in [-0.05, 0) is 55.3 Å². The number of carboxylic acids is 1. The van der Waals surface area contributed by atoms with E-state index < -0.39 is 5.97 Å². The number of carbonyl (C=O) groups is 1. The van der Waals surface area contributed by atoms with E-state index in [-0.39, 0.29) is 0 Å². The fourth-order valence-electron chi connectivity index (χ4n) is 2.52. The van der Waals surface area contributed by atoms with Crippen LogP contribution in [0.3, 0.4) is 0 Å². The highest BCUT2D eigenvalue weighted by atomic mass is 16.4. The van der Waals surface area contributed by atoms with Crippen molar-refractivity contribution < 1.29 is 9.90 Å². The zero-order chi connectivity index (χ0) is 13.5. The largest absolute Gasteiger partial charge is 0.478 e. The first-order chi connectivity index (χ1) is 9.25. The lowest BCUT2D eigenvalue weighted by Crippen LogP contribution is -2.17. The van der Waals surface area contributed by atoms with Crippen LogP contribution in [-0.4, -0.2) is 24.2 Å². The lowest BCUT2D eigenvalue weighted by Gasteiger charge is -2.16. The molecule has 19 heavy (non-hydrogen) atoms. The lowest BCUT2D eigenvalue weighted by atomic mass is 9.90. The molecule has 1 aliphatic carbocycles. The van der Waals surface area contributed by atoms with Gasteiger partial charge in [0.15, 0.2) is 0 Å². The Morgan fingerprint density at radius 3 is 2.84 bits per heavy atom. The predicted molar refractivity (Wildman–Crippen MR) is 76.4 cm³/mol. The monoisotopic (exact) mass is 259 g/mol. The summed E-state index contributed by atoms with van der Waals surface area (Å²) in [5.74, 6) is -0.892. The van der Waals surface area contributed by atoms with Crippen molar-refractivity contribution in [1.82, 2.24) is 5.32 Å². The summed E-state index contributed by atoms with van der Waals surface area (Å²) in [6.45, 7) is 1.49. The highest BCUT2D eigenvalue weighted by Gasteiger charge is 2.08. The molecular weight excluding hydrogens is 238 g/mol. The van der Waals surface area contributed by atoms with Crippen LogP contribution in [0.25, 0.3) is 0 Å². The molecule has 0 radical (unpaired) electrons. The fraction of sp³-hybridized carbons (Fsp3) is 0.438. The minimum atomic E-state index is -0.892. The van der Waals surface area contributed by atoms with Crippen molar-refractivity contribution >= 4 is 5.97 Å². The van der Waals surface area contributed by atoms with E-state index in [2.05, 4.69) is 23.5 Å². The van der Waals surface area contributed by atoms with Crippen LogP contribution in [0.4, 0.5) is 0 Å². The van der Waals surface area contributed by atoms with Gasteiger partial charge in [0, 0.05) is 12.6 Å². The zero-order valence-electron chi connectivity index (χ0n) is 11.2. The van der Waals surface area contributed by atoms with Crippen molar-refractivity contribution in [2.24, 2.45) is 0 Å². The second-order valence-corrected chi connectivity index (χ2v) is 5.00. The summed E-state index contributed by atoms with van der Waals surface area (Å²) in [6.07, 6.45) is 8.89. The summed E-state index contributed by atoms with van der Waals surface area (Å²) in [7, 11) is 0. The fourth-order valence-corrected chi connectivity index (χ4v) is 2.52. The second-order valence-electron chi connectivity index (χ2n) is 5.00. The SMILES string of the molecule is O=C(O)/C=C/CNCCc1ccc2c(c1)CCCC2. The highest BCUT2D eigenvalue weighted by Crippen LogP contribution is 2.22. The Bertz CT molecular complexity index is 466. The third kappa shape index (κ3) is 4.52. The van der Waals surface area contributed by atoms with Crippen molar-refractivity contribution in [3.63, 3.8) is 0 Å². The molecule has 0 fully saturated rings. The maximum absolute atomic E-state index is 10.3. The molecule has 0 unspecified atom stereocenters. The quantitative estimate of drug-likeness (QED) is 0.609. The number of nitrogens with one attached hydrogen (secondary N) is 1. The maximum atomic E-state index is 10.3. The van der Waals surface area contributed by atoms with Crippen LogP contribution < -0.4 is 5.32 Å². The number of benzene rings is 1. The summed E-state index contributed by atoms with van der Waals surface area (Å²) in [5, 5.41) is 11.7. The molecule has 0 bridgehead atoms. The molecule has 0 aliphatic heterocycles. The van der Waals surface area contributed by atoms with Gasteiger partial charge in [-0.3, -0.25) is 0 Å². The molecule has 102 valence electrons. The number of carboxylic acid groups (broad SMARTS) is 1. The van der Waals surface area contributed by atoms with E-state index in [1.807, 2.05) is 0 Å². The number of hydrogen-bond acceptors (Lipinski definition) is 2. The van der Waals surface area contributed by atoms with Gasteiger partial charge in [-0.15, -0.1) is 0 Å². The van der Waals surface area contributed by atoms with E-state index in [1.54, 1.807) is 6.08 Å². The van der Waals surface area contributed by atoms with Gasteiger partial charge in [0.25, 0.3) is 0 Å². The average molecular weight is 259 g/mol. The van der Waals surface area contributed by atoms with Gasteiger partial charge in [-0.2, -0.15) is 0 Å². The van der Waals surface area contributed by atoms with Crippen LogP contribution in [0.1, 0.15) is 29.5 Å². The van der Waals surface area contributed by atoms with Crippen LogP contribution >= 0.6 is 0 Å². The molecule has 0 saturated heterocycles. The molecule has 0 amide bonds. The topological polar surface area (TPSA) is 49.3 Å². The van der Waals surface area contributed by atoms with Crippen molar-refractivity contribution in [2.45, 2.75) is 32.1 Å². The van der Waals surface area contributed by atoms with Gasteiger partial charge < -0.3 is 10.4 Å². The van der Waals surface area contributed by atoms with E-state index in [4.69, 9.17) is 5.11 Å². The maximum Gasteiger partial charge on any atom is 0.328 e. The molecule has 1 aromatic rings. The van der Waals surface area contributed by atoms with Gasteiger partial charge >= 0.3 is 5.97 Å². The van der Waals surface area contributed by atoms with Crippen LogP contribution in [0.5, 0.6) is 0 Å². The van der Waals surface area contributed by atoms with Crippen LogP contribution in [-0.2, 0) is 24.1 Å². The standard InChI is InChI=1S/C16H21NO2/c18-16(19)6-3-10-17-11-9-13-7-8-14-4-1-2-5-15(14)12-13/h3,6-8,12,17H,1-2,4-5,9-11H2,(H,18,19)/b6-3+. The Labute approximate surface area is 114 Å². The van der Waals surface area contributed by atoms with Gasteiger partial charge in [0.05, 0.1) is 0 Å². The average Bonchev–Trinajstić information content (AvgIpc) is 2.42. The Morgan fingerprint density at radius 2 is 2.05 bits per heavy atom. The van der Waals surface area contributed by atoms with Crippen molar-refractivity contribution in [3.05, 3.63) is 47.0 Å². The van der Waals surface area contributed by atoms with Gasteiger partial charge in [-0.1, -0.05) is 24.3 Å². The second kappa shape index (κ2) is 7.10. The lowest BCUT2D eigenvalue weighted by molar-refractivity contribution is -0.131. The number of fused-ring (bicyclic) bond motifs is 1. The summed E-state index contributed by atoms with van der Waals surface area (Å²) in [5.41, 5.74) is 4.41. The molecule has 0 heterocycles. The molecule has 0 atom stereocenters. The number of hydrogen-bond donors (Lipinski definition) is 2. The Balaban J connectivity index is 1.75. The molecule has 1 aromatic carbocycles. The summed E-state index contributed by atoms with van der Waals surface area (Å²) < 4.78 is 0. The Kier molecular flexibility index (Phi) is 5.16. The van der Waals surface area contributed by atoms with Crippen LogP contribution in [0.15, 0.2) is 30.4 Å². The molecule has 0 saturated carbocycles. The van der Waals surface area contributed by atoms with E-state index in [1.165, 1.54) is 48.4 Å². The summed E-state index contributed by atoms with van der Waals surface area (Å²) in [4.78, 5) is 10.3. The first kappa shape index (κ1) is 13.8. The molecular formula is C16H21NO2. The Hall–Kier alpha value is -1.61. The summed E-state index contributed by atoms with van der Waals surface area (Å²) in [6, 6.07) is 6.83. The van der Waals surface area contributed by atoms with Crippen LogP contribution in [0, 0.1) is 0 Å². The van der Waals surface area contributed by atoms with Crippen molar-refractivity contribution in [1.29, 1.82) is 0 Å². The van der Waals surface area contributed by atoms with E-state index >= 15 is 0 Å². The molecule has 1 aliphatic rings. The predicted octanol–water partition coefficient (Wildman–Crippen LogP) is 2.34. The zero-order valence-corrected chi connectivity index (χ0v) is 11.2. The minimum Gasteiger partial charge on any atom is -0.478 e. The van der Waals surface area contributed by atoms with Crippen LogP contribution in [0.2, 0.25) is 0 Å². The number of aliphatic carboxylic acids is 1. The van der Waals surface area contributed by atoms with Crippen molar-refractivity contribution in [3.8, 4) is 0 Å². The molecule has 3 nitrogen and oxygen atoms in total. The smallest absolute Gasteiger partial charge is 0.328 e. The Morgan fingerprint density at radius 1 is 1.26 bits per heavy atom. The molecule has 2 N–H and O–H groups in total. The van der Waals surface area contributed by atoms with Gasteiger partial charge in [-0.25, -0.2) is 4.79 Å². The third-order valence-corrected chi connectivity index (χ3v) is 3.53. The molecule has 2 rings (SSSR count). The highest BCUT2D eigenvalue weighted by molar-refractivity contribution is 5.79. The first-order valence-corrected chi connectivity index (χ1v) is 6.96. The van der Waals surface area contributed by atoms with E-state index in [0.717, 1.165) is 13.0 Å². The molecule has 0 aromatic heterocycles. The molecule has 0 spiro atoms. The number of aryl methyl sites for hydroxylation is 2. The van der Waals surface area contributed by atoms with E-state index in [9.17, 15) is 4.79 Å². The summed E-state index contributed by atoms with van der Waals surface area (Å²) >= 11 is 0. The van der Waals surface area contributed by atoms with Crippen molar-refractivity contribution in [2.75, 3.05) is 13.1 Å². The molecule has 3 heteroatoms. The van der Waals surface area contributed by atoms with Gasteiger partial charge in [0.2, 0.25) is 0 Å². The van der Waals surface area contributed by atoms with E-state index in [0.29, 0.717) is 6.54 Å². The number of rotatable bonds is 6. The van der Waals surface area contributed by atoms with Gasteiger partial charge in [0.1, 0.15) is 0 Å². The minimum absolute atomic E-state index is 0.608. The third-order valence-electron chi connectivity index (χ3n) is 3.53. The first-order valence-electron chi connectivity index (χ1n) is 6.96.